The molecule has 1 aromatic heterocycles. The molecule has 0 atom stereocenters. The van der Waals surface area contributed by atoms with Gasteiger partial charge in [-0.05, 0) is 6.42 Å². The number of aromatic carboxylic acids is 1. The first-order valence-electron chi connectivity index (χ1n) is 4.70. The van der Waals surface area contributed by atoms with E-state index in [4.69, 9.17) is 5.11 Å². The number of hydrogen-bond acceptors (Lipinski definition) is 3. The minimum Gasteiger partial charge on any atom is -0.477 e. The lowest BCUT2D eigenvalue weighted by Crippen LogP contribution is -2.08. The highest BCUT2D eigenvalue weighted by atomic mass is 16.6. The second kappa shape index (κ2) is 4.61. The highest BCUT2D eigenvalue weighted by molar-refractivity contribution is 5.86. The van der Waals surface area contributed by atoms with E-state index >= 15 is 0 Å². The van der Waals surface area contributed by atoms with Crippen LogP contribution in [0.2, 0.25) is 0 Å². The Morgan fingerprint density at radius 1 is 1.69 bits per heavy atom. The fourth-order valence-electron chi connectivity index (χ4n) is 1.26. The van der Waals surface area contributed by atoms with Crippen LogP contribution in [0.15, 0.2) is 24.4 Å². The third-order valence-corrected chi connectivity index (χ3v) is 2.21. The number of aromatic nitrogens is 1. The third-order valence-electron chi connectivity index (χ3n) is 2.21. The molecule has 0 aromatic carbocycles. The summed E-state index contributed by atoms with van der Waals surface area (Å²) >= 11 is 0. The van der Waals surface area contributed by atoms with E-state index in [1.165, 1.54) is 10.8 Å². The molecule has 0 unspecified atom stereocenters. The van der Waals surface area contributed by atoms with Gasteiger partial charge in [0.2, 0.25) is 0 Å². The van der Waals surface area contributed by atoms with E-state index in [0.717, 1.165) is 11.6 Å². The summed E-state index contributed by atoms with van der Waals surface area (Å²) in [6.07, 6.45) is 1.91. The van der Waals surface area contributed by atoms with E-state index in [2.05, 4.69) is 6.58 Å². The Morgan fingerprint density at radius 2 is 2.31 bits per heavy atom. The maximum absolute atomic E-state index is 10.9. The zero-order chi connectivity index (χ0) is 12.3. The zero-order valence-corrected chi connectivity index (χ0v) is 8.84. The van der Waals surface area contributed by atoms with Crippen LogP contribution in [0.4, 0.5) is 5.69 Å². The van der Waals surface area contributed by atoms with E-state index in [-0.39, 0.29) is 17.9 Å². The highest BCUT2D eigenvalue weighted by Crippen LogP contribution is 2.18. The van der Waals surface area contributed by atoms with Crippen LogP contribution in [0.3, 0.4) is 0 Å². The number of hydrogen-bond donors (Lipinski definition) is 1. The predicted molar refractivity (Wildman–Crippen MR) is 57.5 cm³/mol. The Hall–Kier alpha value is -2.11. The molecule has 16 heavy (non-hydrogen) atoms. The molecule has 0 bridgehead atoms. The summed E-state index contributed by atoms with van der Waals surface area (Å²) in [5.41, 5.74) is 0.496. The van der Waals surface area contributed by atoms with Crippen LogP contribution in [0.25, 0.3) is 0 Å². The first kappa shape index (κ1) is 12.0. The monoisotopic (exact) mass is 224 g/mol. The fraction of sp³-hybridized carbons (Fsp3) is 0.300. The van der Waals surface area contributed by atoms with Crippen molar-refractivity contribution < 1.29 is 14.8 Å². The van der Waals surface area contributed by atoms with Crippen LogP contribution in [0.1, 0.15) is 23.8 Å². The quantitative estimate of drug-likeness (QED) is 0.471. The Kier molecular flexibility index (Phi) is 3.44. The van der Waals surface area contributed by atoms with Crippen molar-refractivity contribution in [3.8, 4) is 0 Å². The van der Waals surface area contributed by atoms with Gasteiger partial charge in [0, 0.05) is 12.6 Å². The molecule has 0 aliphatic carbocycles. The first-order valence-corrected chi connectivity index (χ1v) is 4.70. The Balaban J connectivity index is 3.10. The standard InChI is InChI=1S/C10H12N2O4/c1-3-7(2)5-11-6-8(12(15)16)4-9(11)10(13)14/h4,6H,2-3,5H2,1H3,(H,13,14). The summed E-state index contributed by atoms with van der Waals surface area (Å²) in [5, 5.41) is 19.4. The van der Waals surface area contributed by atoms with E-state index in [0.29, 0.717) is 6.42 Å². The minimum atomic E-state index is -1.18. The molecule has 0 spiro atoms. The van der Waals surface area contributed by atoms with Crippen LogP contribution in [-0.2, 0) is 6.54 Å². The van der Waals surface area contributed by atoms with Gasteiger partial charge in [0.25, 0.3) is 5.69 Å². The normalized spacial score (nSPS) is 10.1. The number of carboxylic acid groups (broad SMARTS) is 1. The van der Waals surface area contributed by atoms with Crippen LogP contribution in [0.5, 0.6) is 0 Å². The average Bonchev–Trinajstić information content (AvgIpc) is 2.61. The van der Waals surface area contributed by atoms with Crippen molar-refractivity contribution in [1.82, 2.24) is 4.57 Å². The zero-order valence-electron chi connectivity index (χ0n) is 8.84. The molecule has 6 nitrogen and oxygen atoms in total. The predicted octanol–water partition coefficient (Wildman–Crippen LogP) is 2.06. The Morgan fingerprint density at radius 3 is 2.75 bits per heavy atom. The molecule has 0 aliphatic rings. The van der Waals surface area contributed by atoms with Gasteiger partial charge >= 0.3 is 5.97 Å². The summed E-state index contributed by atoms with van der Waals surface area (Å²) in [6.45, 7) is 5.91. The average molecular weight is 224 g/mol. The Bertz CT molecular complexity index is 448. The van der Waals surface area contributed by atoms with Crippen molar-refractivity contribution in [3.05, 3.63) is 40.2 Å². The second-order valence-electron chi connectivity index (χ2n) is 3.38. The van der Waals surface area contributed by atoms with Gasteiger partial charge in [-0.1, -0.05) is 19.1 Å². The molecule has 0 radical (unpaired) electrons. The lowest BCUT2D eigenvalue weighted by atomic mass is 10.2. The molecule has 1 aromatic rings. The minimum absolute atomic E-state index is 0.0960. The molecular formula is C10H12N2O4. The first-order chi connectivity index (χ1) is 7.45. The third kappa shape index (κ3) is 2.47. The van der Waals surface area contributed by atoms with Gasteiger partial charge in [0.15, 0.2) is 0 Å². The molecule has 0 saturated heterocycles. The molecule has 0 fully saturated rings. The van der Waals surface area contributed by atoms with E-state index in [1.54, 1.807) is 0 Å². The molecule has 0 saturated carbocycles. The maximum Gasteiger partial charge on any atom is 0.352 e. The maximum atomic E-state index is 10.9. The molecule has 86 valence electrons. The highest BCUT2D eigenvalue weighted by Gasteiger charge is 2.18. The van der Waals surface area contributed by atoms with Gasteiger partial charge in [0.05, 0.1) is 11.1 Å². The second-order valence-corrected chi connectivity index (χ2v) is 3.38. The summed E-state index contributed by atoms with van der Waals surface area (Å²) in [5.74, 6) is -1.18. The molecule has 0 aliphatic heterocycles. The summed E-state index contributed by atoms with van der Waals surface area (Å²) in [7, 11) is 0. The van der Waals surface area contributed by atoms with E-state index in [9.17, 15) is 14.9 Å². The van der Waals surface area contributed by atoms with Gasteiger partial charge in [0.1, 0.15) is 5.69 Å². The van der Waals surface area contributed by atoms with Crippen molar-refractivity contribution >= 4 is 11.7 Å². The summed E-state index contributed by atoms with van der Waals surface area (Å²) in [4.78, 5) is 20.8. The largest absolute Gasteiger partial charge is 0.477 e. The fourth-order valence-corrected chi connectivity index (χ4v) is 1.26. The molecule has 0 amide bonds. The lowest BCUT2D eigenvalue weighted by molar-refractivity contribution is -0.384. The van der Waals surface area contributed by atoms with Gasteiger partial charge in [-0.3, -0.25) is 10.1 Å². The SMILES string of the molecule is C=C(CC)Cn1cc([N+](=O)[O-])cc1C(=O)O. The molecular weight excluding hydrogens is 212 g/mol. The van der Waals surface area contributed by atoms with Gasteiger partial charge < -0.3 is 9.67 Å². The summed E-state index contributed by atoms with van der Waals surface area (Å²) in [6, 6.07) is 1.05. The number of allylic oxidation sites excluding steroid dienone is 1. The van der Waals surface area contributed by atoms with Gasteiger partial charge in [-0.15, -0.1) is 0 Å². The number of carbonyl (C=O) groups is 1. The smallest absolute Gasteiger partial charge is 0.352 e. The molecule has 1 heterocycles. The summed E-state index contributed by atoms with van der Waals surface area (Å²) < 4.78 is 1.33. The van der Waals surface area contributed by atoms with E-state index < -0.39 is 10.9 Å². The number of nitro groups is 1. The molecule has 1 N–H and O–H groups in total. The van der Waals surface area contributed by atoms with Crippen molar-refractivity contribution in [1.29, 1.82) is 0 Å². The van der Waals surface area contributed by atoms with Gasteiger partial charge in [-0.2, -0.15) is 0 Å². The van der Waals surface area contributed by atoms with Crippen LogP contribution < -0.4 is 0 Å². The van der Waals surface area contributed by atoms with Gasteiger partial charge in [-0.25, -0.2) is 4.79 Å². The Labute approximate surface area is 92.0 Å². The van der Waals surface area contributed by atoms with Crippen molar-refractivity contribution in [2.75, 3.05) is 0 Å². The lowest BCUT2D eigenvalue weighted by Gasteiger charge is -2.05. The van der Waals surface area contributed by atoms with Crippen LogP contribution in [-0.4, -0.2) is 20.6 Å². The van der Waals surface area contributed by atoms with E-state index in [1.807, 2.05) is 6.92 Å². The topological polar surface area (TPSA) is 85.4 Å². The molecule has 1 rings (SSSR count). The van der Waals surface area contributed by atoms with Crippen LogP contribution in [0, 0.1) is 10.1 Å². The van der Waals surface area contributed by atoms with Crippen molar-refractivity contribution in [2.24, 2.45) is 0 Å². The van der Waals surface area contributed by atoms with Crippen molar-refractivity contribution in [2.45, 2.75) is 19.9 Å². The number of nitrogens with zero attached hydrogens (tertiary/aromatic N) is 2. The van der Waals surface area contributed by atoms with Crippen LogP contribution >= 0.6 is 0 Å². The number of carboxylic acids is 1. The molecule has 6 heteroatoms. The van der Waals surface area contributed by atoms with Crippen molar-refractivity contribution in [3.63, 3.8) is 0 Å². The number of rotatable bonds is 5.